The number of aromatic nitrogens is 3. The van der Waals surface area contributed by atoms with Crippen molar-refractivity contribution in [2.24, 2.45) is 5.73 Å². The number of benzene rings is 1. The molecule has 0 unspecified atom stereocenters. The highest BCUT2D eigenvalue weighted by atomic mass is 32.2. The molecular formula is C26H33N5O6S2. The predicted molar refractivity (Wildman–Crippen MR) is 147 cm³/mol. The lowest BCUT2D eigenvalue weighted by atomic mass is 9.88. The maximum atomic E-state index is 13.7. The van der Waals surface area contributed by atoms with E-state index in [9.17, 15) is 13.2 Å². The van der Waals surface area contributed by atoms with Gasteiger partial charge in [-0.25, -0.2) is 27.9 Å². The van der Waals surface area contributed by atoms with Crippen LogP contribution in [-0.4, -0.2) is 55.3 Å². The summed E-state index contributed by atoms with van der Waals surface area (Å²) in [6.45, 7) is 5.37. The van der Waals surface area contributed by atoms with E-state index in [2.05, 4.69) is 19.7 Å². The Balaban J connectivity index is 1.72. The highest BCUT2D eigenvalue weighted by molar-refractivity contribution is 7.89. The first-order valence-electron chi connectivity index (χ1n) is 12.5. The molecule has 1 amide bonds. The Labute approximate surface area is 232 Å². The molecule has 0 aliphatic heterocycles. The second kappa shape index (κ2) is 11.4. The molecule has 0 radical (unpaired) electrons. The topological polar surface area (TPSA) is 156 Å². The maximum Gasteiger partial charge on any atom is 0.404 e. The number of nitrogens with two attached hydrogens (primary N) is 1. The van der Waals surface area contributed by atoms with Crippen molar-refractivity contribution in [1.29, 1.82) is 0 Å². The third kappa shape index (κ3) is 6.84. The van der Waals surface area contributed by atoms with E-state index in [0.29, 0.717) is 29.5 Å². The fraction of sp³-hybridized carbons (Fsp3) is 0.462. The molecular weight excluding hydrogens is 542 g/mol. The number of hydrogen-bond donors (Lipinski definition) is 2. The zero-order valence-electron chi connectivity index (χ0n) is 22.6. The van der Waals surface area contributed by atoms with Gasteiger partial charge in [0.15, 0.2) is 0 Å². The first-order chi connectivity index (χ1) is 18.4. The predicted octanol–water partition coefficient (Wildman–Crippen LogP) is 4.48. The fourth-order valence-electron chi connectivity index (χ4n) is 4.57. The molecule has 0 bridgehead atoms. The lowest BCUT2D eigenvalue weighted by Crippen LogP contribution is -2.40. The standard InChI is InChI=1S/C26H33N5O6S2/c1-26(2,3)31-39(33,34)21-12-16(19-13-29-25(36-5)30-22(19)35-4)8-11-18(21)20-14-28-23(38-20)15-6-9-17(10-7-15)37-24(27)32/h8,11-15,17,31H,6-7,9-10H2,1-5H3,(H2,27,32)/t15-,17-. The van der Waals surface area contributed by atoms with Crippen molar-refractivity contribution in [3.63, 3.8) is 0 Å². The normalized spacial score (nSPS) is 18.0. The van der Waals surface area contributed by atoms with Crippen LogP contribution in [0.15, 0.2) is 35.5 Å². The fourth-order valence-corrected chi connectivity index (χ4v) is 7.43. The van der Waals surface area contributed by atoms with E-state index in [1.165, 1.54) is 31.8 Å². The monoisotopic (exact) mass is 575 g/mol. The van der Waals surface area contributed by atoms with Gasteiger partial charge >= 0.3 is 12.1 Å². The Morgan fingerprint density at radius 1 is 1.05 bits per heavy atom. The molecule has 3 N–H and O–H groups in total. The van der Waals surface area contributed by atoms with Crippen molar-refractivity contribution >= 4 is 27.5 Å². The minimum atomic E-state index is -3.93. The van der Waals surface area contributed by atoms with Gasteiger partial charge in [0, 0.05) is 29.4 Å². The van der Waals surface area contributed by atoms with Crippen LogP contribution in [0.4, 0.5) is 4.79 Å². The average Bonchev–Trinajstić information content (AvgIpc) is 3.37. The van der Waals surface area contributed by atoms with Gasteiger partial charge in [0.05, 0.1) is 34.6 Å². The van der Waals surface area contributed by atoms with Gasteiger partial charge in [-0.3, -0.25) is 0 Å². The molecule has 13 heteroatoms. The second-order valence-electron chi connectivity index (χ2n) is 10.3. The number of amides is 1. The number of primary amides is 1. The molecule has 1 fully saturated rings. The first-order valence-corrected chi connectivity index (χ1v) is 14.8. The maximum absolute atomic E-state index is 13.7. The summed E-state index contributed by atoms with van der Waals surface area (Å²) >= 11 is 1.47. The number of carbonyl (C=O) groups excluding carboxylic acids is 1. The van der Waals surface area contributed by atoms with Crippen LogP contribution >= 0.6 is 11.3 Å². The summed E-state index contributed by atoms with van der Waals surface area (Å²) in [4.78, 5) is 25.0. The second-order valence-corrected chi connectivity index (χ2v) is 13.0. The molecule has 3 aromatic rings. The average molecular weight is 576 g/mol. The van der Waals surface area contributed by atoms with Crippen LogP contribution < -0.4 is 19.9 Å². The number of hydrogen-bond acceptors (Lipinski definition) is 10. The number of rotatable bonds is 8. The van der Waals surface area contributed by atoms with Crippen LogP contribution in [0.25, 0.3) is 21.6 Å². The molecule has 0 saturated heterocycles. The molecule has 1 saturated carbocycles. The molecule has 0 atom stereocenters. The molecule has 0 spiro atoms. The van der Waals surface area contributed by atoms with Gasteiger partial charge in [-0.05, 0) is 58.1 Å². The molecule has 2 aromatic heterocycles. The van der Waals surface area contributed by atoms with Crippen molar-refractivity contribution in [1.82, 2.24) is 19.7 Å². The summed E-state index contributed by atoms with van der Waals surface area (Å²) in [5.74, 6) is 0.460. The first kappa shape index (κ1) is 28.7. The Morgan fingerprint density at radius 3 is 2.38 bits per heavy atom. The molecule has 1 aromatic carbocycles. The van der Waals surface area contributed by atoms with Crippen molar-refractivity contribution in [3.8, 4) is 33.5 Å². The van der Waals surface area contributed by atoms with E-state index in [1.54, 1.807) is 39.1 Å². The van der Waals surface area contributed by atoms with Crippen LogP contribution in [0.1, 0.15) is 57.4 Å². The summed E-state index contributed by atoms with van der Waals surface area (Å²) in [6.07, 6.45) is 5.34. The quantitative estimate of drug-likeness (QED) is 0.395. The molecule has 210 valence electrons. The highest BCUT2D eigenvalue weighted by Gasteiger charge is 2.29. The molecule has 4 rings (SSSR count). The number of sulfonamides is 1. The molecule has 39 heavy (non-hydrogen) atoms. The molecule has 11 nitrogen and oxygen atoms in total. The van der Waals surface area contributed by atoms with Gasteiger partial charge in [0.1, 0.15) is 6.10 Å². The molecule has 1 aliphatic rings. The summed E-state index contributed by atoms with van der Waals surface area (Å²) in [6, 6.07) is 5.32. The van der Waals surface area contributed by atoms with Gasteiger partial charge in [0.2, 0.25) is 15.9 Å². The van der Waals surface area contributed by atoms with E-state index in [-0.39, 0.29) is 28.8 Å². The minimum Gasteiger partial charge on any atom is -0.480 e. The van der Waals surface area contributed by atoms with E-state index in [0.717, 1.165) is 22.7 Å². The van der Waals surface area contributed by atoms with Crippen LogP contribution in [0.2, 0.25) is 0 Å². The zero-order chi connectivity index (χ0) is 28.4. The minimum absolute atomic E-state index is 0.113. The number of nitrogens with zero attached hydrogens (tertiary/aromatic N) is 3. The third-order valence-electron chi connectivity index (χ3n) is 6.23. The van der Waals surface area contributed by atoms with E-state index in [1.807, 2.05) is 6.07 Å². The largest absolute Gasteiger partial charge is 0.480 e. The van der Waals surface area contributed by atoms with Crippen molar-refractivity contribution in [2.75, 3.05) is 14.2 Å². The Bertz CT molecular complexity index is 1440. The van der Waals surface area contributed by atoms with E-state index in [4.69, 9.17) is 19.9 Å². The lowest BCUT2D eigenvalue weighted by molar-refractivity contribution is 0.0787. The Hall–Kier alpha value is -3.29. The van der Waals surface area contributed by atoms with E-state index < -0.39 is 21.7 Å². The van der Waals surface area contributed by atoms with Gasteiger partial charge in [-0.15, -0.1) is 11.3 Å². The number of methoxy groups -OCH3 is 2. The van der Waals surface area contributed by atoms with Gasteiger partial charge in [-0.1, -0.05) is 12.1 Å². The van der Waals surface area contributed by atoms with Crippen molar-refractivity contribution in [2.45, 2.75) is 68.9 Å². The molecule has 1 aliphatic carbocycles. The van der Waals surface area contributed by atoms with E-state index >= 15 is 0 Å². The van der Waals surface area contributed by atoms with Gasteiger partial charge < -0.3 is 19.9 Å². The molecule has 2 heterocycles. The Kier molecular flexibility index (Phi) is 8.42. The number of nitrogens with one attached hydrogen (secondary N) is 1. The number of ether oxygens (including phenoxy) is 3. The van der Waals surface area contributed by atoms with Crippen molar-refractivity contribution < 1.29 is 27.4 Å². The smallest absolute Gasteiger partial charge is 0.404 e. The van der Waals surface area contributed by atoms with Crippen LogP contribution in [0.3, 0.4) is 0 Å². The lowest BCUT2D eigenvalue weighted by Gasteiger charge is -2.26. The zero-order valence-corrected chi connectivity index (χ0v) is 24.2. The number of thiazole rings is 1. The van der Waals surface area contributed by atoms with Crippen LogP contribution in [-0.2, 0) is 14.8 Å². The van der Waals surface area contributed by atoms with Gasteiger partial charge in [-0.2, -0.15) is 4.98 Å². The summed E-state index contributed by atoms with van der Waals surface area (Å²) in [5, 5.41) is 0.920. The summed E-state index contributed by atoms with van der Waals surface area (Å²) < 4.78 is 45.7. The summed E-state index contributed by atoms with van der Waals surface area (Å²) in [7, 11) is -1.00. The SMILES string of the molecule is COc1ncc(-c2ccc(-c3cnc([C@H]4CC[C@H](OC(N)=O)CC4)s3)c(S(=O)(=O)NC(C)(C)C)c2)c(OC)n1. The van der Waals surface area contributed by atoms with Crippen molar-refractivity contribution in [3.05, 3.63) is 35.6 Å². The van der Waals surface area contributed by atoms with Crippen LogP contribution in [0, 0.1) is 0 Å². The Morgan fingerprint density at radius 2 is 1.77 bits per heavy atom. The van der Waals surface area contributed by atoms with Gasteiger partial charge in [0.25, 0.3) is 0 Å². The third-order valence-corrected chi connectivity index (χ3v) is 9.22. The number of carbonyl (C=O) groups is 1. The highest BCUT2D eigenvalue weighted by Crippen LogP contribution is 2.41. The van der Waals surface area contributed by atoms with Crippen LogP contribution in [0.5, 0.6) is 11.9 Å². The summed E-state index contributed by atoms with van der Waals surface area (Å²) in [5.41, 5.74) is 6.10.